The highest BCUT2D eigenvalue weighted by Gasteiger charge is 2.42. The number of hydrogen-bond acceptors (Lipinski definition) is 3. The Balaban J connectivity index is 2.02. The van der Waals surface area contributed by atoms with Crippen molar-refractivity contribution in [1.29, 1.82) is 0 Å². The maximum absolute atomic E-state index is 13.5. The van der Waals surface area contributed by atoms with Gasteiger partial charge < -0.3 is 5.32 Å². The van der Waals surface area contributed by atoms with Gasteiger partial charge in [0.15, 0.2) is 11.7 Å². The lowest BCUT2D eigenvalue weighted by molar-refractivity contribution is -0.155. The highest BCUT2D eigenvalue weighted by molar-refractivity contribution is 6.05. The van der Waals surface area contributed by atoms with Crippen molar-refractivity contribution in [1.82, 2.24) is 20.1 Å². The van der Waals surface area contributed by atoms with Crippen molar-refractivity contribution >= 4 is 16.9 Å². The molecule has 0 bridgehead atoms. The van der Waals surface area contributed by atoms with Crippen molar-refractivity contribution in [3.63, 3.8) is 0 Å². The second-order valence-electron chi connectivity index (χ2n) is 6.73. The lowest BCUT2D eigenvalue weighted by atomic mass is 10.0. The number of aryl methyl sites for hydroxylation is 1. The molecule has 1 aromatic carbocycles. The number of aromatic nitrogens is 3. The molecule has 0 aliphatic carbocycles. The van der Waals surface area contributed by atoms with E-state index in [2.05, 4.69) is 10.1 Å². The Kier molecular flexibility index (Phi) is 5.10. The number of hydrogen-bond donors (Lipinski definition) is 1. The van der Waals surface area contributed by atoms with Gasteiger partial charge in [0.2, 0.25) is 0 Å². The van der Waals surface area contributed by atoms with Gasteiger partial charge in [-0.15, -0.1) is 0 Å². The van der Waals surface area contributed by atoms with E-state index in [-0.39, 0.29) is 17.2 Å². The van der Waals surface area contributed by atoms with Crippen LogP contribution in [0.4, 0.5) is 17.6 Å². The van der Waals surface area contributed by atoms with Gasteiger partial charge in [0.05, 0.1) is 17.1 Å². The van der Waals surface area contributed by atoms with Crippen LogP contribution >= 0.6 is 0 Å². The topological polar surface area (TPSA) is 59.8 Å². The third kappa shape index (κ3) is 3.83. The molecule has 2 heterocycles. The standard InChI is InChI=1S/C19H18F4N4O/c1-10(2)27-17-15(9-24-27)14(8-11(3)25-17)18(28)26-16(19(21,22)23)12-4-6-13(20)7-5-12/h4-10,16H,1-3H3,(H,26,28). The van der Waals surface area contributed by atoms with E-state index in [9.17, 15) is 22.4 Å². The fraction of sp³-hybridized carbons (Fsp3) is 0.316. The first-order chi connectivity index (χ1) is 13.1. The van der Waals surface area contributed by atoms with Gasteiger partial charge >= 0.3 is 6.18 Å². The van der Waals surface area contributed by atoms with Crippen LogP contribution in [-0.4, -0.2) is 26.8 Å². The van der Waals surface area contributed by atoms with Crippen LogP contribution in [0.2, 0.25) is 0 Å². The largest absolute Gasteiger partial charge is 0.412 e. The van der Waals surface area contributed by atoms with Gasteiger partial charge in [-0.25, -0.2) is 14.1 Å². The predicted molar refractivity (Wildman–Crippen MR) is 95.3 cm³/mol. The molecule has 0 saturated carbocycles. The molecule has 28 heavy (non-hydrogen) atoms. The fourth-order valence-corrected chi connectivity index (χ4v) is 2.93. The smallest absolute Gasteiger partial charge is 0.337 e. The molecule has 0 fully saturated rings. The van der Waals surface area contributed by atoms with Crippen molar-refractivity contribution in [3.05, 3.63) is 59.2 Å². The predicted octanol–water partition coefficient (Wildman–Crippen LogP) is 4.49. The second kappa shape index (κ2) is 7.21. The molecule has 0 saturated heterocycles. The molecule has 1 atom stereocenters. The lowest BCUT2D eigenvalue weighted by Crippen LogP contribution is -2.38. The van der Waals surface area contributed by atoms with Crippen molar-refractivity contribution in [3.8, 4) is 0 Å². The Hall–Kier alpha value is -2.97. The number of carbonyl (C=O) groups excluding carboxylic acids is 1. The van der Waals surface area contributed by atoms with Gasteiger partial charge in [-0.3, -0.25) is 4.79 Å². The molecule has 3 rings (SSSR count). The summed E-state index contributed by atoms with van der Waals surface area (Å²) in [5.41, 5.74) is 0.684. The second-order valence-corrected chi connectivity index (χ2v) is 6.73. The molecule has 1 unspecified atom stereocenters. The molecular formula is C19H18F4N4O. The normalized spacial score (nSPS) is 13.1. The maximum Gasteiger partial charge on any atom is 0.412 e. The summed E-state index contributed by atoms with van der Waals surface area (Å²) in [4.78, 5) is 17.1. The van der Waals surface area contributed by atoms with E-state index in [0.29, 0.717) is 16.7 Å². The highest BCUT2D eigenvalue weighted by Crippen LogP contribution is 2.33. The average Bonchev–Trinajstić information content (AvgIpc) is 3.02. The summed E-state index contributed by atoms with van der Waals surface area (Å²) in [5.74, 6) is -1.57. The molecule has 0 aliphatic rings. The Morgan fingerprint density at radius 3 is 2.39 bits per heavy atom. The Bertz CT molecular complexity index is 1010. The van der Waals surface area contributed by atoms with Crippen LogP contribution in [-0.2, 0) is 0 Å². The quantitative estimate of drug-likeness (QED) is 0.663. The van der Waals surface area contributed by atoms with Crippen molar-refractivity contribution in [2.45, 2.75) is 39.0 Å². The van der Waals surface area contributed by atoms with Gasteiger partial charge in [0.1, 0.15) is 5.82 Å². The molecule has 1 N–H and O–H groups in total. The number of halogens is 4. The Morgan fingerprint density at radius 1 is 1.18 bits per heavy atom. The zero-order chi connectivity index (χ0) is 20.6. The highest BCUT2D eigenvalue weighted by atomic mass is 19.4. The van der Waals surface area contributed by atoms with E-state index in [4.69, 9.17) is 0 Å². The zero-order valence-corrected chi connectivity index (χ0v) is 15.4. The number of rotatable bonds is 4. The van der Waals surface area contributed by atoms with E-state index < -0.39 is 23.9 Å². The van der Waals surface area contributed by atoms with E-state index in [1.807, 2.05) is 19.2 Å². The molecule has 0 aliphatic heterocycles. The first-order valence-corrected chi connectivity index (χ1v) is 8.56. The summed E-state index contributed by atoms with van der Waals surface area (Å²) in [6.07, 6.45) is -3.34. The maximum atomic E-state index is 13.5. The van der Waals surface area contributed by atoms with Crippen molar-refractivity contribution in [2.24, 2.45) is 0 Å². The van der Waals surface area contributed by atoms with Gasteiger partial charge in [0, 0.05) is 11.7 Å². The molecular weight excluding hydrogens is 376 g/mol. The Morgan fingerprint density at radius 2 is 1.82 bits per heavy atom. The minimum atomic E-state index is -4.75. The third-order valence-corrected chi connectivity index (χ3v) is 4.23. The van der Waals surface area contributed by atoms with Crippen LogP contribution in [0.1, 0.15) is 47.5 Å². The first-order valence-electron chi connectivity index (χ1n) is 8.56. The van der Waals surface area contributed by atoms with Gasteiger partial charge in [-0.05, 0) is 44.5 Å². The molecule has 148 valence electrons. The summed E-state index contributed by atoms with van der Waals surface area (Å²) in [5, 5.41) is 6.56. The lowest BCUT2D eigenvalue weighted by Gasteiger charge is -2.22. The number of amides is 1. The van der Waals surface area contributed by atoms with Crippen LogP contribution in [0.5, 0.6) is 0 Å². The summed E-state index contributed by atoms with van der Waals surface area (Å²) in [6.45, 7) is 5.41. The van der Waals surface area contributed by atoms with Crippen LogP contribution < -0.4 is 5.32 Å². The molecule has 0 radical (unpaired) electrons. The van der Waals surface area contributed by atoms with Gasteiger partial charge in [-0.1, -0.05) is 12.1 Å². The summed E-state index contributed by atoms with van der Waals surface area (Å²) >= 11 is 0. The van der Waals surface area contributed by atoms with Crippen LogP contribution in [0, 0.1) is 12.7 Å². The molecule has 2 aromatic heterocycles. The van der Waals surface area contributed by atoms with E-state index >= 15 is 0 Å². The van der Waals surface area contributed by atoms with E-state index in [1.165, 1.54) is 12.3 Å². The molecule has 9 heteroatoms. The number of alkyl halides is 3. The van der Waals surface area contributed by atoms with Gasteiger partial charge in [-0.2, -0.15) is 18.3 Å². The van der Waals surface area contributed by atoms with Gasteiger partial charge in [0.25, 0.3) is 5.91 Å². The Labute approximate surface area is 158 Å². The monoisotopic (exact) mass is 394 g/mol. The third-order valence-electron chi connectivity index (χ3n) is 4.23. The van der Waals surface area contributed by atoms with Crippen LogP contribution in [0.25, 0.3) is 11.0 Å². The van der Waals surface area contributed by atoms with E-state index in [1.54, 1.807) is 11.6 Å². The molecule has 5 nitrogen and oxygen atoms in total. The summed E-state index contributed by atoms with van der Waals surface area (Å²) < 4.78 is 55.3. The zero-order valence-electron chi connectivity index (χ0n) is 15.4. The number of nitrogens with one attached hydrogen (secondary N) is 1. The molecule has 1 amide bonds. The number of pyridine rings is 1. The number of carbonyl (C=O) groups is 1. The number of benzene rings is 1. The minimum absolute atomic E-state index is 0.0372. The summed E-state index contributed by atoms with van der Waals surface area (Å²) in [6, 6.07) is 2.94. The fourth-order valence-electron chi connectivity index (χ4n) is 2.93. The molecule has 3 aromatic rings. The number of nitrogens with zero attached hydrogens (tertiary/aromatic N) is 3. The summed E-state index contributed by atoms with van der Waals surface area (Å²) in [7, 11) is 0. The van der Waals surface area contributed by atoms with Crippen molar-refractivity contribution < 1.29 is 22.4 Å². The average molecular weight is 394 g/mol. The van der Waals surface area contributed by atoms with Crippen molar-refractivity contribution in [2.75, 3.05) is 0 Å². The SMILES string of the molecule is Cc1cc(C(=O)NC(c2ccc(F)cc2)C(F)(F)F)c2cnn(C(C)C)c2n1. The van der Waals surface area contributed by atoms with Crippen LogP contribution in [0.3, 0.4) is 0 Å². The van der Waals surface area contributed by atoms with Crippen LogP contribution in [0.15, 0.2) is 36.5 Å². The van der Waals surface area contributed by atoms with E-state index in [0.717, 1.165) is 24.3 Å². The first kappa shape index (κ1) is 19.8. The number of fused-ring (bicyclic) bond motifs is 1. The minimum Gasteiger partial charge on any atom is -0.337 e. The molecule has 0 spiro atoms.